The number of aromatic amines is 1. The van der Waals surface area contributed by atoms with Crippen LogP contribution in [0.5, 0.6) is 0 Å². The minimum Gasteiger partial charge on any atom is -0.323 e. The molecule has 186 valence electrons. The zero-order chi connectivity index (χ0) is 23.9. The molecular weight excluding hydrogens is 462 g/mol. The highest BCUT2D eigenvalue weighted by Crippen LogP contribution is 2.56. The Morgan fingerprint density at radius 1 is 1.00 bits per heavy atom. The van der Waals surface area contributed by atoms with Gasteiger partial charge in [-0.2, -0.15) is 5.10 Å². The van der Waals surface area contributed by atoms with Crippen LogP contribution in [0.4, 0.5) is 4.79 Å². The Balaban J connectivity index is 0.932. The van der Waals surface area contributed by atoms with E-state index in [0.717, 1.165) is 61.5 Å². The summed E-state index contributed by atoms with van der Waals surface area (Å²) in [5.74, 6) is 3.63. The molecule has 0 unspecified atom stereocenters. The third-order valence-electron chi connectivity index (χ3n) is 9.14. The molecule has 0 atom stereocenters. The molecule has 5 fully saturated rings. The van der Waals surface area contributed by atoms with E-state index in [-0.39, 0.29) is 17.4 Å². The number of nitrogens with zero attached hydrogens (tertiary/aromatic N) is 4. The smallest absolute Gasteiger partial charge is 0.320 e. The van der Waals surface area contributed by atoms with Crippen molar-refractivity contribution in [2.45, 2.75) is 73.5 Å². The molecule has 1 spiro atoms. The lowest BCUT2D eigenvalue weighted by molar-refractivity contribution is -0.0601. The Hall–Kier alpha value is -2.42. The quantitative estimate of drug-likeness (QED) is 0.681. The van der Waals surface area contributed by atoms with Gasteiger partial charge in [0.25, 0.3) is 0 Å². The molecule has 2 saturated heterocycles. The van der Waals surface area contributed by atoms with E-state index in [2.05, 4.69) is 16.3 Å². The molecule has 7 rings (SSSR count). The zero-order valence-electron chi connectivity index (χ0n) is 20.2. The monoisotopic (exact) mass is 495 g/mol. The second kappa shape index (κ2) is 7.54. The van der Waals surface area contributed by atoms with Gasteiger partial charge < -0.3 is 9.80 Å². The van der Waals surface area contributed by atoms with Crippen molar-refractivity contribution in [3.05, 3.63) is 41.0 Å². The number of benzene rings is 1. The second-order valence-electron chi connectivity index (χ2n) is 11.9. The summed E-state index contributed by atoms with van der Waals surface area (Å²) >= 11 is 0. The van der Waals surface area contributed by atoms with Gasteiger partial charge in [-0.1, -0.05) is 18.6 Å². The topological polar surface area (TPSA) is 99.3 Å². The van der Waals surface area contributed by atoms with E-state index in [1.165, 1.54) is 25.5 Å². The molecule has 2 aliphatic heterocycles. The summed E-state index contributed by atoms with van der Waals surface area (Å²) in [6.45, 7) is 2.99. The van der Waals surface area contributed by atoms with E-state index in [1.54, 1.807) is 0 Å². The number of aromatic nitrogens is 3. The normalized spacial score (nSPS) is 24.6. The number of carbonyl (C=O) groups is 1. The highest BCUT2D eigenvalue weighted by atomic mass is 32.2. The first-order chi connectivity index (χ1) is 16.8. The van der Waals surface area contributed by atoms with Crippen molar-refractivity contribution < 1.29 is 13.2 Å². The number of urea groups is 1. The van der Waals surface area contributed by atoms with Crippen LogP contribution in [0.2, 0.25) is 0 Å². The lowest BCUT2D eigenvalue weighted by Crippen LogP contribution is -2.67. The molecule has 1 aromatic carbocycles. The maximum atomic E-state index is 13.0. The van der Waals surface area contributed by atoms with Gasteiger partial charge in [0.15, 0.2) is 15.7 Å². The summed E-state index contributed by atoms with van der Waals surface area (Å²) in [6.07, 6.45) is 9.23. The van der Waals surface area contributed by atoms with Crippen LogP contribution in [0, 0.1) is 5.41 Å². The van der Waals surface area contributed by atoms with Gasteiger partial charge in [0.2, 0.25) is 0 Å². The van der Waals surface area contributed by atoms with Crippen LogP contribution in [-0.2, 0) is 9.84 Å². The number of rotatable bonds is 5. The van der Waals surface area contributed by atoms with Crippen molar-refractivity contribution >= 4 is 15.9 Å². The molecule has 5 aliphatic rings. The average Bonchev–Trinajstić information content (AvgIpc) is 3.41. The summed E-state index contributed by atoms with van der Waals surface area (Å²) in [4.78, 5) is 22.1. The van der Waals surface area contributed by atoms with E-state index in [9.17, 15) is 13.2 Å². The average molecular weight is 496 g/mol. The first kappa shape index (κ1) is 21.8. The van der Waals surface area contributed by atoms with Crippen LogP contribution in [0.15, 0.2) is 23.1 Å². The van der Waals surface area contributed by atoms with Gasteiger partial charge in [0.1, 0.15) is 5.82 Å². The number of hydrogen-bond acceptors (Lipinski definition) is 5. The van der Waals surface area contributed by atoms with Crippen molar-refractivity contribution in [1.29, 1.82) is 0 Å². The predicted octanol–water partition coefficient (Wildman–Crippen LogP) is 3.75. The maximum absolute atomic E-state index is 13.0. The lowest BCUT2D eigenvalue weighted by atomic mass is 9.57. The van der Waals surface area contributed by atoms with E-state index >= 15 is 0 Å². The van der Waals surface area contributed by atoms with Gasteiger partial charge in [0.05, 0.1) is 4.90 Å². The molecule has 2 amide bonds. The largest absolute Gasteiger partial charge is 0.323 e. The highest BCUT2D eigenvalue weighted by molar-refractivity contribution is 7.90. The summed E-state index contributed by atoms with van der Waals surface area (Å²) < 4.78 is 24.9. The molecule has 35 heavy (non-hydrogen) atoms. The first-order valence-electron chi connectivity index (χ1n) is 13.1. The summed E-state index contributed by atoms with van der Waals surface area (Å²) in [7, 11) is -3.27. The summed E-state index contributed by atoms with van der Waals surface area (Å²) in [5.41, 5.74) is 2.27. The summed E-state index contributed by atoms with van der Waals surface area (Å²) in [5, 5.41) is 7.56. The Labute approximate surface area is 206 Å². The third-order valence-corrected chi connectivity index (χ3v) is 10.3. The van der Waals surface area contributed by atoms with Crippen molar-refractivity contribution in [3.63, 3.8) is 0 Å². The van der Waals surface area contributed by atoms with Crippen LogP contribution >= 0.6 is 0 Å². The Kier molecular flexibility index (Phi) is 4.70. The molecule has 2 aromatic rings. The number of likely N-dealkylation sites (tertiary alicyclic amines) is 2. The molecule has 0 radical (unpaired) electrons. The van der Waals surface area contributed by atoms with Crippen LogP contribution < -0.4 is 0 Å². The van der Waals surface area contributed by atoms with E-state index < -0.39 is 9.84 Å². The van der Waals surface area contributed by atoms with Gasteiger partial charge in [-0.3, -0.25) is 5.10 Å². The van der Waals surface area contributed by atoms with E-state index in [4.69, 9.17) is 4.98 Å². The van der Waals surface area contributed by atoms with Crippen molar-refractivity contribution in [2.75, 3.05) is 32.4 Å². The number of hydrogen-bond donors (Lipinski definition) is 1. The minimum absolute atomic E-state index is 0.124. The van der Waals surface area contributed by atoms with Crippen LogP contribution in [0.3, 0.4) is 0 Å². The lowest BCUT2D eigenvalue weighted by Gasteiger charge is -2.59. The van der Waals surface area contributed by atoms with Crippen molar-refractivity contribution in [1.82, 2.24) is 25.0 Å². The van der Waals surface area contributed by atoms with E-state index in [0.29, 0.717) is 35.7 Å². The molecular formula is C26H33N5O3S. The fourth-order valence-corrected chi connectivity index (χ4v) is 7.58. The minimum atomic E-state index is -3.27. The highest BCUT2D eigenvalue weighted by Gasteiger charge is 2.56. The van der Waals surface area contributed by atoms with Crippen molar-refractivity contribution in [3.8, 4) is 0 Å². The Morgan fingerprint density at radius 2 is 1.74 bits per heavy atom. The first-order valence-corrected chi connectivity index (χ1v) is 15.0. The van der Waals surface area contributed by atoms with Gasteiger partial charge in [-0.05, 0) is 61.6 Å². The number of nitrogens with one attached hydrogen (secondary N) is 1. The molecule has 8 nitrogen and oxygen atoms in total. The molecule has 1 aromatic heterocycles. The standard InChI is InChI=1S/C26H33N5O3S/c1-35(33,34)22-9-18(7-8-21(22)16-3-2-4-16)20-12-30(13-20)25(32)31-14-26(15-31)10-19(11-26)24-27-23(28-29-24)17-5-6-17/h7-9,16-17,19-20H,2-6,10-15H2,1H3,(H,27,28,29). The summed E-state index contributed by atoms with van der Waals surface area (Å²) in [6, 6.07) is 6.10. The fourth-order valence-electron chi connectivity index (χ4n) is 6.56. The SMILES string of the molecule is CS(=O)(=O)c1cc(C2CN(C(=O)N3CC4(CC(c5n[nH]c(C6CC6)n5)C4)C3)C2)ccc1C1CCC1. The van der Waals surface area contributed by atoms with Gasteiger partial charge in [-0.25, -0.2) is 18.2 Å². The molecule has 3 aliphatic carbocycles. The van der Waals surface area contributed by atoms with Gasteiger partial charge in [-0.15, -0.1) is 0 Å². The van der Waals surface area contributed by atoms with Crippen LogP contribution in [-0.4, -0.2) is 71.9 Å². The van der Waals surface area contributed by atoms with Gasteiger partial charge in [0, 0.05) is 55.6 Å². The van der Waals surface area contributed by atoms with Crippen molar-refractivity contribution in [2.24, 2.45) is 5.41 Å². The molecule has 3 heterocycles. The van der Waals surface area contributed by atoms with E-state index in [1.807, 2.05) is 21.9 Å². The zero-order valence-corrected chi connectivity index (χ0v) is 21.1. The van der Waals surface area contributed by atoms with Gasteiger partial charge >= 0.3 is 6.03 Å². The number of sulfone groups is 1. The van der Waals surface area contributed by atoms with Crippen LogP contribution in [0.1, 0.15) is 91.4 Å². The fraction of sp³-hybridized carbons (Fsp3) is 0.654. The Bertz CT molecular complexity index is 1280. The molecule has 9 heteroatoms. The van der Waals surface area contributed by atoms with Crippen LogP contribution in [0.25, 0.3) is 0 Å². The molecule has 3 saturated carbocycles. The number of carbonyl (C=O) groups excluding carboxylic acids is 1. The maximum Gasteiger partial charge on any atom is 0.320 e. The molecule has 0 bridgehead atoms. The predicted molar refractivity (Wildman–Crippen MR) is 130 cm³/mol. The number of amides is 2. The third kappa shape index (κ3) is 3.69. The number of H-pyrrole nitrogens is 1. The Morgan fingerprint density at radius 3 is 2.37 bits per heavy atom. The second-order valence-corrected chi connectivity index (χ2v) is 13.9. The molecule has 1 N–H and O–H groups in total.